The lowest BCUT2D eigenvalue weighted by atomic mass is 9.96. The highest BCUT2D eigenvalue weighted by Gasteiger charge is 2.39. The summed E-state index contributed by atoms with van der Waals surface area (Å²) in [6, 6.07) is 4.68. The standard InChI is InChI=1S/C11H12BrNO3/c1-11(16)5-13(6-11)10(15)7-2-3-8(12)9(14)4-7/h2-4,14,16H,5-6H2,1H3. The third-order valence-electron chi connectivity index (χ3n) is 2.54. The van der Waals surface area contributed by atoms with Gasteiger partial charge in [-0.25, -0.2) is 0 Å². The summed E-state index contributed by atoms with van der Waals surface area (Å²) < 4.78 is 0.555. The molecule has 2 rings (SSSR count). The fourth-order valence-corrected chi connectivity index (χ4v) is 1.99. The van der Waals surface area contributed by atoms with Gasteiger partial charge in [-0.1, -0.05) is 0 Å². The van der Waals surface area contributed by atoms with Gasteiger partial charge in [-0.05, 0) is 41.1 Å². The molecular weight excluding hydrogens is 274 g/mol. The molecule has 0 bridgehead atoms. The molecule has 2 N–H and O–H groups in total. The largest absolute Gasteiger partial charge is 0.507 e. The zero-order valence-corrected chi connectivity index (χ0v) is 10.4. The van der Waals surface area contributed by atoms with E-state index in [1.807, 2.05) is 0 Å². The lowest BCUT2D eigenvalue weighted by molar-refractivity contribution is -0.0668. The van der Waals surface area contributed by atoms with Gasteiger partial charge >= 0.3 is 0 Å². The smallest absolute Gasteiger partial charge is 0.254 e. The van der Waals surface area contributed by atoms with E-state index in [0.717, 1.165) is 0 Å². The van der Waals surface area contributed by atoms with Crippen molar-refractivity contribution in [2.24, 2.45) is 0 Å². The summed E-state index contributed by atoms with van der Waals surface area (Å²) in [4.78, 5) is 13.4. The first kappa shape index (κ1) is 11.4. The molecule has 1 aliphatic heterocycles. The number of hydrogen-bond acceptors (Lipinski definition) is 3. The van der Waals surface area contributed by atoms with E-state index in [0.29, 0.717) is 23.1 Å². The lowest BCUT2D eigenvalue weighted by Crippen LogP contribution is -2.61. The van der Waals surface area contributed by atoms with Crippen LogP contribution in [0.4, 0.5) is 0 Å². The topological polar surface area (TPSA) is 60.8 Å². The van der Waals surface area contributed by atoms with Gasteiger partial charge in [0.15, 0.2) is 0 Å². The fraction of sp³-hybridized carbons (Fsp3) is 0.364. The van der Waals surface area contributed by atoms with Crippen LogP contribution < -0.4 is 0 Å². The van der Waals surface area contributed by atoms with Crippen LogP contribution in [-0.4, -0.2) is 39.7 Å². The Morgan fingerprint density at radius 2 is 2.12 bits per heavy atom. The maximum atomic E-state index is 11.9. The van der Waals surface area contributed by atoms with Gasteiger partial charge in [0.2, 0.25) is 0 Å². The molecule has 1 aliphatic rings. The van der Waals surface area contributed by atoms with Crippen molar-refractivity contribution in [1.29, 1.82) is 0 Å². The van der Waals surface area contributed by atoms with E-state index in [-0.39, 0.29) is 11.7 Å². The summed E-state index contributed by atoms with van der Waals surface area (Å²) in [6.07, 6.45) is 0. The van der Waals surface area contributed by atoms with Crippen molar-refractivity contribution in [2.45, 2.75) is 12.5 Å². The first-order valence-corrected chi connectivity index (χ1v) is 5.68. The number of carbonyl (C=O) groups excluding carboxylic acids is 1. The number of phenolic OH excluding ortho intramolecular Hbond substituents is 1. The number of halogens is 1. The highest BCUT2D eigenvalue weighted by atomic mass is 79.9. The maximum absolute atomic E-state index is 11.9. The predicted octanol–water partition coefficient (Wildman–Crippen LogP) is 1.36. The summed E-state index contributed by atoms with van der Waals surface area (Å²) in [5.41, 5.74) is -0.344. The van der Waals surface area contributed by atoms with Crippen molar-refractivity contribution in [3.63, 3.8) is 0 Å². The molecule has 0 spiro atoms. The highest BCUT2D eigenvalue weighted by molar-refractivity contribution is 9.10. The Kier molecular flexibility index (Phi) is 2.67. The number of phenols is 1. The molecule has 0 aliphatic carbocycles. The van der Waals surface area contributed by atoms with Gasteiger partial charge in [0.25, 0.3) is 5.91 Å². The second-order valence-corrected chi connectivity index (χ2v) is 5.18. The summed E-state index contributed by atoms with van der Waals surface area (Å²) in [5, 5.41) is 19.0. The predicted molar refractivity (Wildman–Crippen MR) is 62.3 cm³/mol. The number of benzene rings is 1. The van der Waals surface area contributed by atoms with Gasteiger partial charge in [-0.15, -0.1) is 0 Å². The van der Waals surface area contributed by atoms with Crippen molar-refractivity contribution in [3.05, 3.63) is 28.2 Å². The number of nitrogens with zero attached hydrogens (tertiary/aromatic N) is 1. The average Bonchev–Trinajstić information content (AvgIpc) is 2.17. The summed E-state index contributed by atoms with van der Waals surface area (Å²) in [5.74, 6) is -0.132. The molecule has 0 radical (unpaired) electrons. The number of β-amino-alcohol motifs (C(OH)–C–C–N with tert-alkyl or cyclic N) is 1. The number of rotatable bonds is 1. The zero-order chi connectivity index (χ0) is 11.9. The highest BCUT2D eigenvalue weighted by Crippen LogP contribution is 2.27. The Balaban J connectivity index is 2.13. The van der Waals surface area contributed by atoms with Crippen LogP contribution in [0.1, 0.15) is 17.3 Å². The molecule has 0 atom stereocenters. The summed E-state index contributed by atoms with van der Waals surface area (Å²) >= 11 is 3.15. The number of amides is 1. The molecule has 86 valence electrons. The molecule has 0 aromatic heterocycles. The monoisotopic (exact) mass is 285 g/mol. The van der Waals surface area contributed by atoms with Crippen LogP contribution in [0.3, 0.4) is 0 Å². The molecular formula is C11H12BrNO3. The minimum atomic E-state index is -0.771. The Morgan fingerprint density at radius 3 is 2.62 bits per heavy atom. The van der Waals surface area contributed by atoms with E-state index in [1.54, 1.807) is 24.0 Å². The first-order valence-electron chi connectivity index (χ1n) is 4.89. The van der Waals surface area contributed by atoms with Crippen LogP contribution in [0.5, 0.6) is 5.75 Å². The van der Waals surface area contributed by atoms with E-state index in [1.165, 1.54) is 6.07 Å². The van der Waals surface area contributed by atoms with Gasteiger partial charge < -0.3 is 15.1 Å². The van der Waals surface area contributed by atoms with E-state index in [9.17, 15) is 15.0 Å². The van der Waals surface area contributed by atoms with Crippen molar-refractivity contribution >= 4 is 21.8 Å². The molecule has 1 aromatic rings. The van der Waals surface area contributed by atoms with E-state index in [4.69, 9.17) is 0 Å². The summed E-state index contributed by atoms with van der Waals surface area (Å²) in [6.45, 7) is 2.36. The summed E-state index contributed by atoms with van der Waals surface area (Å²) in [7, 11) is 0. The quantitative estimate of drug-likeness (QED) is 0.819. The molecule has 1 saturated heterocycles. The Labute approximate surface area is 102 Å². The third-order valence-corrected chi connectivity index (χ3v) is 3.21. The number of hydrogen-bond donors (Lipinski definition) is 2. The normalized spacial score (nSPS) is 18.1. The van der Waals surface area contributed by atoms with Gasteiger partial charge in [0.05, 0.1) is 23.2 Å². The third kappa shape index (κ3) is 2.05. The Morgan fingerprint density at radius 1 is 1.50 bits per heavy atom. The SMILES string of the molecule is CC1(O)CN(C(=O)c2ccc(Br)c(O)c2)C1. The number of likely N-dealkylation sites (tertiary alicyclic amines) is 1. The minimum Gasteiger partial charge on any atom is -0.507 e. The molecule has 1 fully saturated rings. The maximum Gasteiger partial charge on any atom is 0.254 e. The van der Waals surface area contributed by atoms with E-state index < -0.39 is 5.60 Å². The van der Waals surface area contributed by atoms with E-state index >= 15 is 0 Å². The fourth-order valence-electron chi connectivity index (χ4n) is 1.75. The van der Waals surface area contributed by atoms with Crippen LogP contribution in [0.15, 0.2) is 22.7 Å². The molecule has 0 saturated carbocycles. The number of aliphatic hydroxyl groups is 1. The van der Waals surface area contributed by atoms with Crippen molar-refractivity contribution < 1.29 is 15.0 Å². The molecule has 16 heavy (non-hydrogen) atoms. The molecule has 0 unspecified atom stereocenters. The molecule has 1 aromatic carbocycles. The van der Waals surface area contributed by atoms with Gasteiger partial charge in [-0.3, -0.25) is 4.79 Å². The molecule has 5 heteroatoms. The lowest BCUT2D eigenvalue weighted by Gasteiger charge is -2.44. The van der Waals surface area contributed by atoms with Gasteiger partial charge in [0, 0.05) is 5.56 Å². The average molecular weight is 286 g/mol. The van der Waals surface area contributed by atoms with Crippen molar-refractivity contribution in [3.8, 4) is 5.75 Å². The molecule has 1 heterocycles. The minimum absolute atomic E-state index is 0.0399. The van der Waals surface area contributed by atoms with Crippen LogP contribution in [0, 0.1) is 0 Å². The second kappa shape index (κ2) is 3.75. The van der Waals surface area contributed by atoms with Crippen LogP contribution in [0.2, 0.25) is 0 Å². The number of aromatic hydroxyl groups is 1. The Hall–Kier alpha value is -1.07. The Bertz CT molecular complexity index is 437. The van der Waals surface area contributed by atoms with Gasteiger partial charge in [-0.2, -0.15) is 0 Å². The molecule has 1 amide bonds. The first-order chi connectivity index (χ1) is 7.39. The zero-order valence-electron chi connectivity index (χ0n) is 8.77. The van der Waals surface area contributed by atoms with Crippen LogP contribution in [0.25, 0.3) is 0 Å². The van der Waals surface area contributed by atoms with Crippen molar-refractivity contribution in [1.82, 2.24) is 4.90 Å². The van der Waals surface area contributed by atoms with Crippen molar-refractivity contribution in [2.75, 3.05) is 13.1 Å². The van der Waals surface area contributed by atoms with Gasteiger partial charge in [0.1, 0.15) is 5.75 Å². The molecule has 4 nitrogen and oxygen atoms in total. The second-order valence-electron chi connectivity index (χ2n) is 4.32. The van der Waals surface area contributed by atoms with Crippen LogP contribution in [-0.2, 0) is 0 Å². The van der Waals surface area contributed by atoms with Crippen LogP contribution >= 0.6 is 15.9 Å². The number of carbonyl (C=O) groups is 1. The van der Waals surface area contributed by atoms with E-state index in [2.05, 4.69) is 15.9 Å².